The summed E-state index contributed by atoms with van der Waals surface area (Å²) in [5, 5.41) is 3.04. The predicted octanol–water partition coefficient (Wildman–Crippen LogP) is 3.17. The second-order valence-electron chi connectivity index (χ2n) is 6.82. The van der Waals surface area contributed by atoms with Gasteiger partial charge in [0.05, 0.1) is 23.7 Å². The van der Waals surface area contributed by atoms with Crippen LogP contribution in [0.2, 0.25) is 0 Å². The summed E-state index contributed by atoms with van der Waals surface area (Å²) in [5.41, 5.74) is 2.08. The Morgan fingerprint density at radius 1 is 1.27 bits per heavy atom. The molecule has 0 bridgehead atoms. The fourth-order valence-electron chi connectivity index (χ4n) is 3.75. The second-order valence-corrected chi connectivity index (χ2v) is 7.95. The van der Waals surface area contributed by atoms with Crippen LogP contribution in [-0.4, -0.2) is 31.5 Å². The summed E-state index contributed by atoms with van der Waals surface area (Å²) < 4.78 is 5.36. The van der Waals surface area contributed by atoms with Crippen molar-refractivity contribution in [1.82, 2.24) is 5.32 Å². The number of carbonyl (C=O) groups is 2. The molecule has 0 radical (unpaired) electrons. The molecule has 0 spiro atoms. The van der Waals surface area contributed by atoms with E-state index in [0.29, 0.717) is 18.7 Å². The lowest BCUT2D eigenvalue weighted by molar-refractivity contribution is -0.117. The van der Waals surface area contributed by atoms with Gasteiger partial charge in [0.2, 0.25) is 5.91 Å². The van der Waals surface area contributed by atoms with E-state index in [4.69, 9.17) is 4.74 Å². The number of thiophene rings is 1. The van der Waals surface area contributed by atoms with E-state index in [-0.39, 0.29) is 17.9 Å². The maximum absolute atomic E-state index is 12.6. The monoisotopic (exact) mass is 370 g/mol. The number of anilines is 1. The van der Waals surface area contributed by atoms with Gasteiger partial charge in [-0.3, -0.25) is 9.59 Å². The summed E-state index contributed by atoms with van der Waals surface area (Å²) in [4.78, 5) is 28.9. The summed E-state index contributed by atoms with van der Waals surface area (Å²) >= 11 is 1.60. The number of hydrogen-bond donors (Lipinski definition) is 1. The first kappa shape index (κ1) is 17.1. The summed E-state index contributed by atoms with van der Waals surface area (Å²) in [5.74, 6) is 0.605. The molecular formula is C20H22N2O3S. The quantitative estimate of drug-likeness (QED) is 0.899. The zero-order chi connectivity index (χ0) is 18.1. The molecule has 26 heavy (non-hydrogen) atoms. The number of para-hydroxylation sites is 2. The van der Waals surface area contributed by atoms with Gasteiger partial charge in [0.1, 0.15) is 5.75 Å². The Hall–Kier alpha value is -2.34. The molecule has 4 rings (SSSR count). The Bertz CT molecular complexity index is 822. The number of ether oxygens (including phenoxy) is 1. The number of amides is 2. The molecule has 1 saturated heterocycles. The van der Waals surface area contributed by atoms with Crippen molar-refractivity contribution < 1.29 is 14.3 Å². The van der Waals surface area contributed by atoms with Crippen LogP contribution in [0.3, 0.4) is 0 Å². The van der Waals surface area contributed by atoms with E-state index in [1.165, 1.54) is 23.3 Å². The van der Waals surface area contributed by atoms with Crippen LogP contribution in [0.15, 0.2) is 30.3 Å². The highest BCUT2D eigenvalue weighted by Gasteiger charge is 2.33. The minimum absolute atomic E-state index is 0.00488. The highest BCUT2D eigenvalue weighted by Crippen LogP contribution is 2.32. The van der Waals surface area contributed by atoms with Gasteiger partial charge in [-0.1, -0.05) is 12.1 Å². The SMILES string of the molecule is COc1ccccc1N1CC(NC(=O)c2cc3c(s2)CCCC3)CC1=O. The number of methoxy groups -OCH3 is 1. The first-order valence-electron chi connectivity index (χ1n) is 9.01. The Labute approximate surface area is 157 Å². The Kier molecular flexibility index (Phi) is 4.68. The highest BCUT2D eigenvalue weighted by atomic mass is 32.1. The van der Waals surface area contributed by atoms with E-state index in [2.05, 4.69) is 5.32 Å². The van der Waals surface area contributed by atoms with Gasteiger partial charge in [-0.25, -0.2) is 0 Å². The first-order valence-corrected chi connectivity index (χ1v) is 9.83. The van der Waals surface area contributed by atoms with Crippen LogP contribution < -0.4 is 15.0 Å². The molecular weight excluding hydrogens is 348 g/mol. The molecule has 1 unspecified atom stereocenters. The van der Waals surface area contributed by atoms with Crippen molar-refractivity contribution in [1.29, 1.82) is 0 Å². The molecule has 1 aliphatic heterocycles. The van der Waals surface area contributed by atoms with Crippen LogP contribution in [0.4, 0.5) is 5.69 Å². The molecule has 5 nitrogen and oxygen atoms in total. The Morgan fingerprint density at radius 3 is 2.88 bits per heavy atom. The molecule has 136 valence electrons. The van der Waals surface area contributed by atoms with Crippen molar-refractivity contribution in [2.24, 2.45) is 0 Å². The number of nitrogens with zero attached hydrogens (tertiary/aromatic N) is 1. The lowest BCUT2D eigenvalue weighted by Crippen LogP contribution is -2.36. The number of rotatable bonds is 4. The summed E-state index contributed by atoms with van der Waals surface area (Å²) in [6, 6.07) is 9.31. The van der Waals surface area contributed by atoms with E-state index in [0.717, 1.165) is 23.4 Å². The molecule has 1 fully saturated rings. The van der Waals surface area contributed by atoms with Crippen LogP contribution in [-0.2, 0) is 17.6 Å². The summed E-state index contributed by atoms with van der Waals surface area (Å²) in [6.45, 7) is 0.468. The number of nitrogens with one attached hydrogen (secondary N) is 1. The number of carbonyl (C=O) groups excluding carboxylic acids is 2. The minimum Gasteiger partial charge on any atom is -0.495 e. The van der Waals surface area contributed by atoms with Gasteiger partial charge in [0.15, 0.2) is 0 Å². The third kappa shape index (κ3) is 3.21. The molecule has 2 heterocycles. The first-order chi connectivity index (χ1) is 12.7. The van der Waals surface area contributed by atoms with Crippen LogP contribution in [0.5, 0.6) is 5.75 Å². The third-order valence-corrected chi connectivity index (χ3v) is 6.29. The van der Waals surface area contributed by atoms with Gasteiger partial charge in [0.25, 0.3) is 5.91 Å². The van der Waals surface area contributed by atoms with Crippen molar-refractivity contribution in [2.45, 2.75) is 38.1 Å². The zero-order valence-electron chi connectivity index (χ0n) is 14.8. The zero-order valence-corrected chi connectivity index (χ0v) is 15.6. The standard InChI is InChI=1S/C20H22N2O3S/c1-25-16-8-4-3-7-15(16)22-12-14(11-19(22)23)21-20(24)18-10-13-6-2-5-9-17(13)26-18/h3-4,7-8,10,14H,2,5-6,9,11-12H2,1H3,(H,21,24). The van der Waals surface area contributed by atoms with Crippen LogP contribution in [0.25, 0.3) is 0 Å². The van der Waals surface area contributed by atoms with E-state index in [1.807, 2.05) is 30.3 Å². The smallest absolute Gasteiger partial charge is 0.261 e. The maximum Gasteiger partial charge on any atom is 0.261 e. The molecule has 1 aliphatic carbocycles. The lowest BCUT2D eigenvalue weighted by Gasteiger charge is -2.19. The number of hydrogen-bond acceptors (Lipinski definition) is 4. The van der Waals surface area contributed by atoms with Crippen LogP contribution >= 0.6 is 11.3 Å². The minimum atomic E-state index is -0.181. The predicted molar refractivity (Wildman–Crippen MR) is 102 cm³/mol. The second kappa shape index (κ2) is 7.11. The molecule has 1 atom stereocenters. The van der Waals surface area contributed by atoms with E-state index < -0.39 is 0 Å². The van der Waals surface area contributed by atoms with Crippen LogP contribution in [0, 0.1) is 0 Å². The van der Waals surface area contributed by atoms with Gasteiger partial charge in [-0.2, -0.15) is 0 Å². The van der Waals surface area contributed by atoms with Gasteiger partial charge >= 0.3 is 0 Å². The largest absolute Gasteiger partial charge is 0.495 e. The fourth-order valence-corrected chi connectivity index (χ4v) is 4.91. The van der Waals surface area contributed by atoms with Gasteiger partial charge in [-0.15, -0.1) is 11.3 Å². The van der Waals surface area contributed by atoms with Crippen molar-refractivity contribution in [3.05, 3.63) is 45.6 Å². The average Bonchev–Trinajstić information content (AvgIpc) is 3.25. The van der Waals surface area contributed by atoms with Gasteiger partial charge in [-0.05, 0) is 49.4 Å². The molecule has 2 aliphatic rings. The van der Waals surface area contributed by atoms with Crippen molar-refractivity contribution >= 4 is 28.8 Å². The third-order valence-electron chi connectivity index (χ3n) is 5.06. The summed E-state index contributed by atoms with van der Waals surface area (Å²) in [7, 11) is 1.59. The molecule has 6 heteroatoms. The molecule has 0 saturated carbocycles. The van der Waals surface area contributed by atoms with Crippen molar-refractivity contribution in [3.8, 4) is 5.75 Å². The molecule has 1 N–H and O–H groups in total. The Balaban J connectivity index is 1.45. The molecule has 2 aromatic rings. The molecule has 2 amide bonds. The lowest BCUT2D eigenvalue weighted by atomic mass is 9.99. The van der Waals surface area contributed by atoms with Gasteiger partial charge in [0, 0.05) is 17.8 Å². The maximum atomic E-state index is 12.6. The normalized spacial score (nSPS) is 19.3. The van der Waals surface area contributed by atoms with Crippen molar-refractivity contribution in [2.75, 3.05) is 18.6 Å². The summed E-state index contributed by atoms with van der Waals surface area (Å²) in [6.07, 6.45) is 4.88. The van der Waals surface area contributed by atoms with Crippen molar-refractivity contribution in [3.63, 3.8) is 0 Å². The van der Waals surface area contributed by atoms with E-state index in [1.54, 1.807) is 23.3 Å². The van der Waals surface area contributed by atoms with Crippen LogP contribution in [0.1, 0.15) is 39.4 Å². The van der Waals surface area contributed by atoms with E-state index >= 15 is 0 Å². The highest BCUT2D eigenvalue weighted by molar-refractivity contribution is 7.14. The number of aryl methyl sites for hydroxylation is 2. The van der Waals surface area contributed by atoms with E-state index in [9.17, 15) is 9.59 Å². The molecule has 1 aromatic carbocycles. The fraction of sp³-hybridized carbons (Fsp3) is 0.400. The van der Waals surface area contributed by atoms with Gasteiger partial charge < -0.3 is 15.0 Å². The number of benzene rings is 1. The Morgan fingerprint density at radius 2 is 2.08 bits per heavy atom. The molecule has 1 aromatic heterocycles. The average molecular weight is 370 g/mol. The number of fused-ring (bicyclic) bond motifs is 1. The topological polar surface area (TPSA) is 58.6 Å².